The van der Waals surface area contributed by atoms with Gasteiger partial charge in [-0.3, -0.25) is 4.90 Å². The Morgan fingerprint density at radius 3 is 2.45 bits per heavy atom. The van der Waals surface area contributed by atoms with Crippen LogP contribution in [0.2, 0.25) is 0 Å². The van der Waals surface area contributed by atoms with Crippen molar-refractivity contribution in [1.82, 2.24) is 24.6 Å². The zero-order valence-corrected chi connectivity index (χ0v) is 18.2. The SMILES string of the molecule is CCC[C@H](CCO)Oc1nc(N)c2cnn(Cc3ccc(CN4CCCC4)cc3)c2n1. The smallest absolute Gasteiger partial charge is 0.320 e. The van der Waals surface area contributed by atoms with E-state index in [2.05, 4.69) is 51.2 Å². The lowest BCUT2D eigenvalue weighted by atomic mass is 10.1. The fraction of sp³-hybridized carbons (Fsp3) is 0.522. The van der Waals surface area contributed by atoms with Crippen molar-refractivity contribution >= 4 is 16.9 Å². The van der Waals surface area contributed by atoms with Gasteiger partial charge in [0.05, 0.1) is 18.1 Å². The van der Waals surface area contributed by atoms with Crippen LogP contribution in [0.4, 0.5) is 5.82 Å². The monoisotopic (exact) mass is 424 g/mol. The van der Waals surface area contributed by atoms with Gasteiger partial charge in [0.1, 0.15) is 11.9 Å². The predicted molar refractivity (Wildman–Crippen MR) is 121 cm³/mol. The van der Waals surface area contributed by atoms with Crippen molar-refractivity contribution in [3.63, 3.8) is 0 Å². The fourth-order valence-electron chi connectivity index (χ4n) is 4.12. The summed E-state index contributed by atoms with van der Waals surface area (Å²) in [6.07, 6.45) is 6.50. The van der Waals surface area contributed by atoms with Gasteiger partial charge in [-0.05, 0) is 43.5 Å². The van der Waals surface area contributed by atoms with Crippen LogP contribution in [0, 0.1) is 0 Å². The minimum absolute atomic E-state index is 0.0636. The summed E-state index contributed by atoms with van der Waals surface area (Å²) in [5.74, 6) is 0.353. The number of anilines is 1. The molecule has 0 spiro atoms. The summed E-state index contributed by atoms with van der Waals surface area (Å²) in [5, 5.41) is 14.5. The van der Waals surface area contributed by atoms with E-state index in [1.165, 1.54) is 31.5 Å². The van der Waals surface area contributed by atoms with Crippen molar-refractivity contribution in [3.8, 4) is 6.01 Å². The van der Waals surface area contributed by atoms with Crippen LogP contribution in [-0.2, 0) is 13.1 Å². The molecule has 1 aliphatic rings. The van der Waals surface area contributed by atoms with Gasteiger partial charge in [0, 0.05) is 19.6 Å². The van der Waals surface area contributed by atoms with E-state index in [-0.39, 0.29) is 18.7 Å². The molecule has 4 rings (SSSR count). The van der Waals surface area contributed by atoms with Crippen LogP contribution in [0.25, 0.3) is 11.0 Å². The van der Waals surface area contributed by atoms with Crippen LogP contribution in [0.5, 0.6) is 6.01 Å². The van der Waals surface area contributed by atoms with E-state index in [1.807, 2.05) is 4.68 Å². The number of aliphatic hydroxyl groups is 1. The highest BCUT2D eigenvalue weighted by Gasteiger charge is 2.16. The summed E-state index contributed by atoms with van der Waals surface area (Å²) in [4.78, 5) is 11.4. The molecule has 0 amide bonds. The number of fused-ring (bicyclic) bond motifs is 1. The normalized spacial score (nSPS) is 15.5. The standard InChI is InChI=1S/C23H32N6O2/c1-2-5-19(10-13-30)31-23-26-21(24)20-14-25-29(22(20)27-23)16-18-8-6-17(7-9-18)15-28-11-3-4-12-28/h6-9,14,19,30H,2-5,10-13,15-16H2,1H3,(H2,24,26,27)/t19-/m1/s1. The number of hydrogen-bond donors (Lipinski definition) is 2. The lowest BCUT2D eigenvalue weighted by Crippen LogP contribution is -2.19. The van der Waals surface area contributed by atoms with Gasteiger partial charge in [-0.15, -0.1) is 0 Å². The highest BCUT2D eigenvalue weighted by atomic mass is 16.5. The average molecular weight is 425 g/mol. The van der Waals surface area contributed by atoms with Crippen LogP contribution in [-0.4, -0.2) is 55.6 Å². The Bertz CT molecular complexity index is 976. The lowest BCUT2D eigenvalue weighted by Gasteiger charge is -2.16. The molecule has 31 heavy (non-hydrogen) atoms. The molecule has 1 aromatic carbocycles. The number of hydrogen-bond acceptors (Lipinski definition) is 7. The number of likely N-dealkylation sites (tertiary alicyclic amines) is 1. The number of aromatic nitrogens is 4. The summed E-state index contributed by atoms with van der Waals surface area (Å²) in [6, 6.07) is 8.93. The second kappa shape index (κ2) is 10.1. The number of nitrogens with two attached hydrogens (primary N) is 1. The summed E-state index contributed by atoms with van der Waals surface area (Å²) in [6.45, 7) is 6.15. The maximum Gasteiger partial charge on any atom is 0.320 e. The zero-order chi connectivity index (χ0) is 21.6. The number of nitrogens with zero attached hydrogens (tertiary/aromatic N) is 5. The van der Waals surface area contributed by atoms with Gasteiger partial charge in [-0.25, -0.2) is 4.68 Å². The van der Waals surface area contributed by atoms with E-state index in [9.17, 15) is 5.11 Å². The van der Waals surface area contributed by atoms with Crippen molar-refractivity contribution in [2.75, 3.05) is 25.4 Å². The highest BCUT2D eigenvalue weighted by Crippen LogP contribution is 2.23. The van der Waals surface area contributed by atoms with E-state index >= 15 is 0 Å². The molecule has 1 aliphatic heterocycles. The van der Waals surface area contributed by atoms with Gasteiger partial charge in [0.15, 0.2) is 5.65 Å². The summed E-state index contributed by atoms with van der Waals surface area (Å²) < 4.78 is 7.76. The quantitative estimate of drug-likeness (QED) is 0.516. The van der Waals surface area contributed by atoms with Crippen LogP contribution >= 0.6 is 0 Å². The Morgan fingerprint density at radius 2 is 1.77 bits per heavy atom. The summed E-state index contributed by atoms with van der Waals surface area (Å²) in [5.41, 5.74) is 9.29. The van der Waals surface area contributed by atoms with Crippen LogP contribution in [0.3, 0.4) is 0 Å². The van der Waals surface area contributed by atoms with Crippen molar-refractivity contribution < 1.29 is 9.84 Å². The van der Waals surface area contributed by atoms with Gasteiger partial charge in [0.2, 0.25) is 0 Å². The number of rotatable bonds is 10. The van der Waals surface area contributed by atoms with Crippen molar-refractivity contribution in [2.24, 2.45) is 0 Å². The van der Waals surface area contributed by atoms with Gasteiger partial charge in [-0.1, -0.05) is 37.6 Å². The Balaban J connectivity index is 1.50. The number of ether oxygens (including phenoxy) is 1. The van der Waals surface area contributed by atoms with E-state index < -0.39 is 0 Å². The first kappa shape index (κ1) is 21.5. The maximum atomic E-state index is 9.28. The summed E-state index contributed by atoms with van der Waals surface area (Å²) >= 11 is 0. The molecule has 3 heterocycles. The topological polar surface area (TPSA) is 102 Å². The largest absolute Gasteiger partial charge is 0.460 e. The minimum Gasteiger partial charge on any atom is -0.460 e. The molecule has 1 fully saturated rings. The third-order valence-electron chi connectivity index (χ3n) is 5.80. The fourth-order valence-corrected chi connectivity index (χ4v) is 4.12. The third-order valence-corrected chi connectivity index (χ3v) is 5.80. The van der Waals surface area contributed by atoms with E-state index in [1.54, 1.807) is 6.20 Å². The highest BCUT2D eigenvalue weighted by molar-refractivity contribution is 5.85. The lowest BCUT2D eigenvalue weighted by molar-refractivity contribution is 0.135. The number of benzene rings is 1. The van der Waals surface area contributed by atoms with Crippen molar-refractivity contribution in [2.45, 2.75) is 58.2 Å². The summed E-state index contributed by atoms with van der Waals surface area (Å²) in [7, 11) is 0. The van der Waals surface area contributed by atoms with Crippen LogP contribution in [0.1, 0.15) is 50.2 Å². The Hall–Kier alpha value is -2.71. The molecule has 1 atom stereocenters. The van der Waals surface area contributed by atoms with Gasteiger partial charge < -0.3 is 15.6 Å². The third kappa shape index (κ3) is 5.32. The molecule has 3 aromatic rings. The molecule has 0 saturated carbocycles. The molecular weight excluding hydrogens is 392 g/mol. The first-order valence-electron chi connectivity index (χ1n) is 11.2. The molecule has 166 valence electrons. The van der Waals surface area contributed by atoms with Crippen molar-refractivity contribution in [1.29, 1.82) is 0 Å². The molecular formula is C23H32N6O2. The first-order valence-corrected chi connectivity index (χ1v) is 11.2. The average Bonchev–Trinajstić information content (AvgIpc) is 3.40. The molecule has 8 heteroatoms. The second-order valence-corrected chi connectivity index (χ2v) is 8.27. The van der Waals surface area contributed by atoms with E-state index in [0.29, 0.717) is 29.8 Å². The predicted octanol–water partition coefficient (Wildman–Crippen LogP) is 2.98. The number of nitrogen functional groups attached to an aromatic ring is 1. The maximum absolute atomic E-state index is 9.28. The second-order valence-electron chi connectivity index (χ2n) is 8.27. The molecule has 0 aliphatic carbocycles. The molecule has 0 unspecified atom stereocenters. The van der Waals surface area contributed by atoms with Gasteiger partial charge >= 0.3 is 6.01 Å². The number of aliphatic hydroxyl groups excluding tert-OH is 1. The minimum atomic E-state index is -0.133. The van der Waals surface area contributed by atoms with E-state index in [0.717, 1.165) is 24.9 Å². The van der Waals surface area contributed by atoms with Crippen molar-refractivity contribution in [3.05, 3.63) is 41.6 Å². The Kier molecular flexibility index (Phi) is 6.99. The van der Waals surface area contributed by atoms with Gasteiger partial charge in [0.25, 0.3) is 0 Å². The first-order chi connectivity index (χ1) is 15.2. The molecule has 8 nitrogen and oxygen atoms in total. The molecule has 1 saturated heterocycles. The zero-order valence-electron chi connectivity index (χ0n) is 18.2. The van der Waals surface area contributed by atoms with Crippen LogP contribution in [0.15, 0.2) is 30.5 Å². The molecule has 3 N–H and O–H groups in total. The molecule has 0 radical (unpaired) electrons. The molecule has 0 bridgehead atoms. The molecule has 2 aromatic heterocycles. The van der Waals surface area contributed by atoms with Crippen LogP contribution < -0.4 is 10.5 Å². The van der Waals surface area contributed by atoms with Gasteiger partial charge in [-0.2, -0.15) is 15.1 Å². The Labute approximate surface area is 183 Å². The Morgan fingerprint density at radius 1 is 1.06 bits per heavy atom. The van der Waals surface area contributed by atoms with E-state index in [4.69, 9.17) is 10.5 Å².